The third-order valence-corrected chi connectivity index (χ3v) is 2.65. The van der Waals surface area contributed by atoms with Crippen LogP contribution in [0.5, 0.6) is 0 Å². The number of hydrogen-bond donors (Lipinski definition) is 2. The number of nitrogen functional groups attached to an aromatic ring is 1. The predicted octanol–water partition coefficient (Wildman–Crippen LogP) is 2.49. The first kappa shape index (κ1) is 13.5. The lowest BCUT2D eigenvalue weighted by Crippen LogP contribution is -2.25. The van der Waals surface area contributed by atoms with Crippen LogP contribution in [0.15, 0.2) is 12.1 Å². The monoisotopic (exact) mass is 238 g/mol. The zero-order chi connectivity index (χ0) is 13.0. The molecule has 0 atom stereocenters. The number of benzene rings is 1. The summed E-state index contributed by atoms with van der Waals surface area (Å²) in [6.45, 7) is 6.34. The minimum Gasteiger partial charge on any atom is -0.398 e. The standard InChI is InChI=1S/C13H19FN2O/c1-8(2)4-5-16-13(17)10-6-11(14)9(3)12(15)7-10/h6-8H,4-5,15H2,1-3H3,(H,16,17). The summed E-state index contributed by atoms with van der Waals surface area (Å²) in [6, 6.07) is 2.72. The Labute approximate surface area is 101 Å². The molecule has 0 saturated heterocycles. The van der Waals surface area contributed by atoms with Crippen molar-refractivity contribution in [2.45, 2.75) is 27.2 Å². The van der Waals surface area contributed by atoms with Gasteiger partial charge in [0.05, 0.1) is 0 Å². The molecule has 0 radical (unpaired) electrons. The molecule has 3 nitrogen and oxygen atoms in total. The molecule has 1 aromatic rings. The van der Waals surface area contributed by atoms with Gasteiger partial charge >= 0.3 is 0 Å². The van der Waals surface area contributed by atoms with Gasteiger partial charge in [-0.05, 0) is 31.4 Å². The Morgan fingerprint density at radius 3 is 2.65 bits per heavy atom. The molecule has 4 heteroatoms. The fourth-order valence-electron chi connectivity index (χ4n) is 1.41. The first-order chi connectivity index (χ1) is 7.91. The second-order valence-electron chi connectivity index (χ2n) is 4.61. The fourth-order valence-corrected chi connectivity index (χ4v) is 1.41. The Bertz CT molecular complexity index is 393. The molecule has 17 heavy (non-hydrogen) atoms. The van der Waals surface area contributed by atoms with Crippen molar-refractivity contribution in [1.82, 2.24) is 5.32 Å². The van der Waals surface area contributed by atoms with Crippen molar-refractivity contribution in [3.05, 3.63) is 29.1 Å². The lowest BCUT2D eigenvalue weighted by molar-refractivity contribution is 0.0951. The average molecular weight is 238 g/mol. The molecule has 0 heterocycles. The molecular formula is C13H19FN2O. The van der Waals surface area contributed by atoms with Crippen LogP contribution in [-0.4, -0.2) is 12.5 Å². The molecule has 0 fully saturated rings. The maximum atomic E-state index is 13.4. The van der Waals surface area contributed by atoms with Crippen molar-refractivity contribution in [2.75, 3.05) is 12.3 Å². The third-order valence-electron chi connectivity index (χ3n) is 2.65. The molecule has 1 amide bonds. The third kappa shape index (κ3) is 3.73. The number of nitrogens with one attached hydrogen (secondary N) is 1. The number of amides is 1. The Hall–Kier alpha value is -1.58. The Morgan fingerprint density at radius 1 is 1.47 bits per heavy atom. The molecule has 0 unspecified atom stereocenters. The highest BCUT2D eigenvalue weighted by atomic mass is 19.1. The summed E-state index contributed by atoms with van der Waals surface area (Å²) in [5.41, 5.74) is 6.57. The van der Waals surface area contributed by atoms with Crippen LogP contribution in [0.3, 0.4) is 0 Å². The van der Waals surface area contributed by atoms with Gasteiger partial charge in [-0.3, -0.25) is 4.79 Å². The van der Waals surface area contributed by atoms with Gasteiger partial charge in [0.1, 0.15) is 5.82 Å². The van der Waals surface area contributed by atoms with Gasteiger partial charge in [0.15, 0.2) is 0 Å². The highest BCUT2D eigenvalue weighted by Gasteiger charge is 2.10. The molecule has 0 bridgehead atoms. The van der Waals surface area contributed by atoms with Crippen LogP contribution in [0.25, 0.3) is 0 Å². The Balaban J connectivity index is 2.70. The van der Waals surface area contributed by atoms with E-state index in [2.05, 4.69) is 19.2 Å². The van der Waals surface area contributed by atoms with Gasteiger partial charge in [-0.1, -0.05) is 13.8 Å². The molecular weight excluding hydrogens is 219 g/mol. The second kappa shape index (κ2) is 5.66. The van der Waals surface area contributed by atoms with Crippen LogP contribution < -0.4 is 11.1 Å². The quantitative estimate of drug-likeness (QED) is 0.792. The van der Waals surface area contributed by atoms with E-state index in [-0.39, 0.29) is 11.5 Å². The van der Waals surface area contributed by atoms with Crippen LogP contribution in [0.1, 0.15) is 36.2 Å². The van der Waals surface area contributed by atoms with Crippen molar-refractivity contribution in [3.8, 4) is 0 Å². The minimum absolute atomic E-state index is 0.273. The minimum atomic E-state index is -0.445. The van der Waals surface area contributed by atoms with Crippen LogP contribution in [0.2, 0.25) is 0 Å². The first-order valence-corrected chi connectivity index (χ1v) is 5.75. The Morgan fingerprint density at radius 2 is 2.12 bits per heavy atom. The maximum absolute atomic E-state index is 13.4. The van der Waals surface area contributed by atoms with E-state index in [1.54, 1.807) is 6.92 Å². The first-order valence-electron chi connectivity index (χ1n) is 5.75. The lowest BCUT2D eigenvalue weighted by Gasteiger charge is -2.09. The molecule has 1 rings (SSSR count). The summed E-state index contributed by atoms with van der Waals surface area (Å²) in [7, 11) is 0. The van der Waals surface area contributed by atoms with Crippen molar-refractivity contribution in [3.63, 3.8) is 0 Å². The summed E-state index contributed by atoms with van der Waals surface area (Å²) in [6.07, 6.45) is 0.898. The van der Waals surface area contributed by atoms with Gasteiger partial charge < -0.3 is 11.1 Å². The normalized spacial score (nSPS) is 10.6. The Kier molecular flexibility index (Phi) is 4.49. The number of halogens is 1. The van der Waals surface area contributed by atoms with Crippen LogP contribution >= 0.6 is 0 Å². The van der Waals surface area contributed by atoms with Crippen LogP contribution in [-0.2, 0) is 0 Å². The highest BCUT2D eigenvalue weighted by molar-refractivity contribution is 5.95. The number of carbonyl (C=O) groups is 1. The van der Waals surface area contributed by atoms with E-state index in [1.807, 2.05) is 0 Å². The number of nitrogens with two attached hydrogens (primary N) is 1. The zero-order valence-electron chi connectivity index (χ0n) is 10.5. The molecule has 0 spiro atoms. The lowest BCUT2D eigenvalue weighted by atomic mass is 10.1. The number of anilines is 1. The average Bonchev–Trinajstić information content (AvgIpc) is 2.24. The van der Waals surface area contributed by atoms with Crippen molar-refractivity contribution in [2.24, 2.45) is 5.92 Å². The second-order valence-corrected chi connectivity index (χ2v) is 4.61. The van der Waals surface area contributed by atoms with E-state index in [0.29, 0.717) is 23.7 Å². The maximum Gasteiger partial charge on any atom is 0.251 e. The zero-order valence-corrected chi connectivity index (χ0v) is 10.5. The van der Waals surface area contributed by atoms with E-state index >= 15 is 0 Å². The van der Waals surface area contributed by atoms with Gasteiger partial charge in [-0.2, -0.15) is 0 Å². The molecule has 1 aromatic carbocycles. The SMILES string of the molecule is Cc1c(N)cc(C(=O)NCCC(C)C)cc1F. The van der Waals surface area contributed by atoms with E-state index in [0.717, 1.165) is 6.42 Å². The molecule has 0 saturated carbocycles. The van der Waals surface area contributed by atoms with Gasteiger partial charge in [-0.15, -0.1) is 0 Å². The highest BCUT2D eigenvalue weighted by Crippen LogP contribution is 2.17. The predicted molar refractivity (Wildman–Crippen MR) is 67.3 cm³/mol. The van der Waals surface area contributed by atoms with Crippen molar-refractivity contribution in [1.29, 1.82) is 0 Å². The topological polar surface area (TPSA) is 55.1 Å². The number of hydrogen-bond acceptors (Lipinski definition) is 2. The fraction of sp³-hybridized carbons (Fsp3) is 0.462. The summed E-state index contributed by atoms with van der Waals surface area (Å²) in [5.74, 6) is -0.203. The van der Waals surface area contributed by atoms with Crippen molar-refractivity contribution >= 4 is 11.6 Å². The van der Waals surface area contributed by atoms with Gasteiger partial charge in [0, 0.05) is 23.4 Å². The molecule has 0 aliphatic rings. The van der Waals surface area contributed by atoms with E-state index in [9.17, 15) is 9.18 Å². The van der Waals surface area contributed by atoms with Gasteiger partial charge in [0.2, 0.25) is 0 Å². The molecule has 3 N–H and O–H groups in total. The van der Waals surface area contributed by atoms with Crippen molar-refractivity contribution < 1.29 is 9.18 Å². The molecule has 0 aromatic heterocycles. The summed E-state index contributed by atoms with van der Waals surface area (Å²) < 4.78 is 13.4. The molecule has 0 aliphatic carbocycles. The van der Waals surface area contributed by atoms with E-state index in [4.69, 9.17) is 5.73 Å². The van der Waals surface area contributed by atoms with Crippen LogP contribution in [0.4, 0.5) is 10.1 Å². The number of carbonyl (C=O) groups excluding carboxylic acids is 1. The summed E-state index contributed by atoms with van der Waals surface area (Å²) in [4.78, 5) is 11.7. The molecule has 94 valence electrons. The largest absolute Gasteiger partial charge is 0.398 e. The number of rotatable bonds is 4. The van der Waals surface area contributed by atoms with E-state index < -0.39 is 5.82 Å². The van der Waals surface area contributed by atoms with Crippen LogP contribution in [0, 0.1) is 18.7 Å². The van der Waals surface area contributed by atoms with Gasteiger partial charge in [-0.25, -0.2) is 4.39 Å². The molecule has 0 aliphatic heterocycles. The summed E-state index contributed by atoms with van der Waals surface area (Å²) >= 11 is 0. The smallest absolute Gasteiger partial charge is 0.251 e. The summed E-state index contributed by atoms with van der Waals surface area (Å²) in [5, 5.41) is 2.74. The van der Waals surface area contributed by atoms with Gasteiger partial charge in [0.25, 0.3) is 5.91 Å². The van der Waals surface area contributed by atoms with E-state index in [1.165, 1.54) is 12.1 Å².